The van der Waals surface area contributed by atoms with Crippen LogP contribution in [0.3, 0.4) is 0 Å². The van der Waals surface area contributed by atoms with Crippen molar-refractivity contribution in [2.45, 2.75) is 26.8 Å². The molecular weight excluding hydrogens is 378 g/mol. The van der Waals surface area contributed by atoms with Crippen LogP contribution in [0.1, 0.15) is 46.0 Å². The Morgan fingerprint density at radius 2 is 1.76 bits per heavy atom. The van der Waals surface area contributed by atoms with E-state index >= 15 is 0 Å². The minimum absolute atomic E-state index is 0.183. The standard InChI is InChI=1S/C20H23N3O6/c1-4-27-19(25)17-15-12-23(11-10-16(15)22(3)21-17)18(24)13-6-8-14(9-7-13)29-20(26)28-5-2/h6-9H,4-5,10-12H2,1-3H3. The van der Waals surface area contributed by atoms with Gasteiger partial charge < -0.3 is 19.1 Å². The Hall–Kier alpha value is -3.36. The first-order valence-electron chi connectivity index (χ1n) is 9.40. The molecule has 0 N–H and O–H groups in total. The van der Waals surface area contributed by atoms with Crippen LogP contribution in [0.2, 0.25) is 0 Å². The van der Waals surface area contributed by atoms with Gasteiger partial charge in [0.05, 0.1) is 19.8 Å². The van der Waals surface area contributed by atoms with Gasteiger partial charge in [-0.1, -0.05) is 0 Å². The molecule has 3 rings (SSSR count). The number of benzene rings is 1. The molecule has 0 saturated heterocycles. The van der Waals surface area contributed by atoms with Gasteiger partial charge in [-0.3, -0.25) is 9.48 Å². The van der Waals surface area contributed by atoms with Gasteiger partial charge in [0.1, 0.15) is 5.75 Å². The number of carbonyl (C=O) groups is 3. The quantitative estimate of drug-likeness (QED) is 0.560. The zero-order chi connectivity index (χ0) is 21.0. The highest BCUT2D eigenvalue weighted by molar-refractivity contribution is 5.95. The van der Waals surface area contributed by atoms with Crippen LogP contribution in [0.25, 0.3) is 0 Å². The number of amides is 1. The van der Waals surface area contributed by atoms with E-state index < -0.39 is 12.1 Å². The number of ether oxygens (including phenoxy) is 3. The van der Waals surface area contributed by atoms with Crippen molar-refractivity contribution in [3.8, 4) is 5.75 Å². The monoisotopic (exact) mass is 401 g/mol. The molecule has 0 bridgehead atoms. The highest BCUT2D eigenvalue weighted by atomic mass is 16.7. The van der Waals surface area contributed by atoms with E-state index in [9.17, 15) is 14.4 Å². The molecule has 1 aromatic heterocycles. The summed E-state index contributed by atoms with van der Waals surface area (Å²) in [4.78, 5) is 38.1. The largest absolute Gasteiger partial charge is 0.513 e. The second kappa shape index (κ2) is 8.76. The molecular formula is C20H23N3O6. The zero-order valence-electron chi connectivity index (χ0n) is 16.6. The Morgan fingerprint density at radius 1 is 1.07 bits per heavy atom. The number of aryl methyl sites for hydroxylation is 1. The summed E-state index contributed by atoms with van der Waals surface area (Å²) in [6, 6.07) is 6.24. The Kier molecular flexibility index (Phi) is 6.16. The van der Waals surface area contributed by atoms with Crippen molar-refractivity contribution in [3.05, 3.63) is 46.8 Å². The van der Waals surface area contributed by atoms with Crippen LogP contribution in [-0.4, -0.2) is 52.5 Å². The number of rotatable bonds is 5. The number of nitrogens with zero attached hydrogens (tertiary/aromatic N) is 3. The van der Waals surface area contributed by atoms with Crippen molar-refractivity contribution in [2.75, 3.05) is 19.8 Å². The fraction of sp³-hybridized carbons (Fsp3) is 0.400. The van der Waals surface area contributed by atoms with E-state index in [0.29, 0.717) is 24.1 Å². The first-order valence-corrected chi connectivity index (χ1v) is 9.40. The topological polar surface area (TPSA) is 100.0 Å². The van der Waals surface area contributed by atoms with E-state index in [2.05, 4.69) is 5.10 Å². The molecule has 9 heteroatoms. The first-order chi connectivity index (χ1) is 13.9. The molecule has 0 unspecified atom stereocenters. The number of hydrogen-bond donors (Lipinski definition) is 0. The maximum absolute atomic E-state index is 12.9. The van der Waals surface area contributed by atoms with E-state index in [4.69, 9.17) is 14.2 Å². The van der Waals surface area contributed by atoms with Crippen LogP contribution >= 0.6 is 0 Å². The normalized spacial score (nSPS) is 12.9. The minimum Gasteiger partial charge on any atom is -0.461 e. The maximum Gasteiger partial charge on any atom is 0.513 e. The molecule has 2 heterocycles. The lowest BCUT2D eigenvalue weighted by Gasteiger charge is -2.27. The molecule has 0 aliphatic carbocycles. The molecule has 1 aliphatic heterocycles. The SMILES string of the molecule is CCOC(=O)Oc1ccc(C(=O)N2CCc3c(c(C(=O)OCC)nn3C)C2)cc1. The summed E-state index contributed by atoms with van der Waals surface area (Å²) < 4.78 is 16.5. The summed E-state index contributed by atoms with van der Waals surface area (Å²) in [5.74, 6) is -0.381. The van der Waals surface area contributed by atoms with E-state index in [1.54, 1.807) is 42.6 Å². The van der Waals surface area contributed by atoms with E-state index in [1.807, 2.05) is 0 Å². The van der Waals surface area contributed by atoms with Crippen LogP contribution in [-0.2, 0) is 29.5 Å². The van der Waals surface area contributed by atoms with Crippen molar-refractivity contribution < 1.29 is 28.6 Å². The average Bonchev–Trinajstić information content (AvgIpc) is 3.04. The second-order valence-electron chi connectivity index (χ2n) is 6.40. The van der Waals surface area contributed by atoms with Crippen LogP contribution in [0.15, 0.2) is 24.3 Å². The van der Waals surface area contributed by atoms with Gasteiger partial charge in [-0.05, 0) is 38.1 Å². The molecule has 1 aromatic carbocycles. The summed E-state index contributed by atoms with van der Waals surface area (Å²) in [6.07, 6.45) is -0.202. The molecule has 2 aromatic rings. The Balaban J connectivity index is 1.74. The summed E-state index contributed by atoms with van der Waals surface area (Å²) >= 11 is 0. The predicted octanol–water partition coefficient (Wildman–Crippen LogP) is 2.33. The van der Waals surface area contributed by atoms with E-state index in [-0.39, 0.29) is 37.1 Å². The number of fused-ring (bicyclic) bond motifs is 1. The van der Waals surface area contributed by atoms with E-state index in [1.165, 1.54) is 12.1 Å². The van der Waals surface area contributed by atoms with Gasteiger partial charge in [0, 0.05) is 36.8 Å². The molecule has 1 aliphatic rings. The summed E-state index contributed by atoms with van der Waals surface area (Å²) in [5.41, 5.74) is 2.34. The van der Waals surface area contributed by atoms with E-state index in [0.717, 1.165) is 5.69 Å². The maximum atomic E-state index is 12.9. The van der Waals surface area contributed by atoms with Gasteiger partial charge in [0.25, 0.3) is 5.91 Å². The lowest BCUT2D eigenvalue weighted by atomic mass is 10.0. The third-order valence-electron chi connectivity index (χ3n) is 4.56. The van der Waals surface area contributed by atoms with Crippen LogP contribution < -0.4 is 4.74 Å². The number of hydrogen-bond acceptors (Lipinski definition) is 7. The van der Waals surface area contributed by atoms with Crippen molar-refractivity contribution in [1.82, 2.24) is 14.7 Å². The zero-order valence-corrected chi connectivity index (χ0v) is 16.6. The van der Waals surface area contributed by atoms with Gasteiger partial charge in [0.15, 0.2) is 5.69 Å². The first kappa shape index (κ1) is 20.4. The molecule has 0 spiro atoms. The molecule has 1 amide bonds. The summed E-state index contributed by atoms with van der Waals surface area (Å²) in [7, 11) is 1.78. The van der Waals surface area contributed by atoms with Crippen LogP contribution in [0.4, 0.5) is 4.79 Å². The van der Waals surface area contributed by atoms with Crippen LogP contribution in [0, 0.1) is 0 Å². The second-order valence-corrected chi connectivity index (χ2v) is 6.40. The molecule has 154 valence electrons. The molecule has 0 fully saturated rings. The molecule has 0 saturated carbocycles. The number of carbonyl (C=O) groups excluding carboxylic acids is 3. The smallest absolute Gasteiger partial charge is 0.461 e. The summed E-state index contributed by atoms with van der Waals surface area (Å²) in [5, 5.41) is 4.28. The molecule has 0 radical (unpaired) electrons. The fourth-order valence-electron chi connectivity index (χ4n) is 3.22. The number of esters is 1. The van der Waals surface area contributed by atoms with Crippen molar-refractivity contribution in [3.63, 3.8) is 0 Å². The lowest BCUT2D eigenvalue weighted by Crippen LogP contribution is -2.36. The fourth-order valence-corrected chi connectivity index (χ4v) is 3.22. The third-order valence-corrected chi connectivity index (χ3v) is 4.56. The number of aromatic nitrogens is 2. The molecule has 29 heavy (non-hydrogen) atoms. The average molecular weight is 401 g/mol. The third kappa shape index (κ3) is 4.39. The van der Waals surface area contributed by atoms with Gasteiger partial charge in [0.2, 0.25) is 0 Å². The van der Waals surface area contributed by atoms with Gasteiger partial charge in [-0.15, -0.1) is 0 Å². The minimum atomic E-state index is -0.793. The molecule has 0 atom stereocenters. The summed E-state index contributed by atoms with van der Waals surface area (Å²) in [6.45, 7) is 4.68. The van der Waals surface area contributed by atoms with Crippen molar-refractivity contribution in [2.24, 2.45) is 7.05 Å². The van der Waals surface area contributed by atoms with Crippen LogP contribution in [0.5, 0.6) is 5.75 Å². The predicted molar refractivity (Wildman–Crippen MR) is 102 cm³/mol. The highest BCUT2D eigenvalue weighted by Gasteiger charge is 2.30. The lowest BCUT2D eigenvalue weighted by molar-refractivity contribution is 0.0513. The Morgan fingerprint density at radius 3 is 2.41 bits per heavy atom. The molecule has 9 nitrogen and oxygen atoms in total. The van der Waals surface area contributed by atoms with Gasteiger partial charge in [-0.2, -0.15) is 5.10 Å². The Bertz CT molecular complexity index is 919. The van der Waals surface area contributed by atoms with Crippen molar-refractivity contribution in [1.29, 1.82) is 0 Å². The highest BCUT2D eigenvalue weighted by Crippen LogP contribution is 2.24. The van der Waals surface area contributed by atoms with Crippen molar-refractivity contribution >= 4 is 18.0 Å². The van der Waals surface area contributed by atoms with Gasteiger partial charge >= 0.3 is 12.1 Å². The Labute approximate surface area is 168 Å². The van der Waals surface area contributed by atoms with Gasteiger partial charge in [-0.25, -0.2) is 9.59 Å².